The summed E-state index contributed by atoms with van der Waals surface area (Å²) >= 11 is 6.25. The van der Waals surface area contributed by atoms with Crippen LogP contribution in [0.25, 0.3) is 11.3 Å². The van der Waals surface area contributed by atoms with Crippen LogP contribution in [0.4, 0.5) is 0 Å². The van der Waals surface area contributed by atoms with Crippen LogP contribution in [-0.4, -0.2) is 15.6 Å². The van der Waals surface area contributed by atoms with Crippen LogP contribution in [0, 0.1) is 5.92 Å². The van der Waals surface area contributed by atoms with E-state index in [0.717, 1.165) is 17.8 Å². The van der Waals surface area contributed by atoms with E-state index in [1.54, 1.807) is 13.1 Å². The van der Waals surface area contributed by atoms with Crippen molar-refractivity contribution in [2.24, 2.45) is 5.92 Å². The predicted octanol–water partition coefficient (Wildman–Crippen LogP) is 4.06. The number of hydrogen-bond acceptors (Lipinski definition) is 2. The number of Topliss-reactive ketones (excluding diaryl/α,β-unsaturated/α-hetero) is 1. The molecule has 0 amide bonds. The van der Waals surface area contributed by atoms with Crippen LogP contribution in [0.5, 0.6) is 0 Å². The van der Waals surface area contributed by atoms with Crippen LogP contribution in [0.3, 0.4) is 0 Å². The van der Waals surface area contributed by atoms with E-state index < -0.39 is 0 Å². The first-order valence-electron chi connectivity index (χ1n) is 6.32. The number of halogens is 1. The summed E-state index contributed by atoms with van der Waals surface area (Å²) in [6.07, 6.45) is 1.63. The van der Waals surface area contributed by atoms with Gasteiger partial charge in [-0.1, -0.05) is 43.6 Å². The first-order valence-corrected chi connectivity index (χ1v) is 6.70. The van der Waals surface area contributed by atoms with Crippen molar-refractivity contribution in [3.05, 3.63) is 41.0 Å². The highest BCUT2D eigenvalue weighted by Gasteiger charge is 2.18. The number of carbonyl (C=O) groups excluding carboxylic acids is 1. The minimum Gasteiger partial charge on any atom is -0.294 e. The van der Waals surface area contributed by atoms with Gasteiger partial charge in [-0.15, -0.1) is 0 Å². The van der Waals surface area contributed by atoms with Crippen molar-refractivity contribution in [3.8, 4) is 11.3 Å². The highest BCUT2D eigenvalue weighted by Crippen LogP contribution is 2.31. The molecule has 0 aliphatic carbocycles. The molecule has 0 aliphatic rings. The average molecular weight is 277 g/mol. The van der Waals surface area contributed by atoms with E-state index >= 15 is 0 Å². The van der Waals surface area contributed by atoms with Crippen LogP contribution < -0.4 is 0 Å². The van der Waals surface area contributed by atoms with Crippen molar-refractivity contribution in [2.75, 3.05) is 0 Å². The summed E-state index contributed by atoms with van der Waals surface area (Å²) < 4.78 is 1.86. The van der Waals surface area contributed by atoms with Gasteiger partial charge in [0, 0.05) is 17.1 Å². The highest BCUT2D eigenvalue weighted by molar-refractivity contribution is 6.33. The Morgan fingerprint density at radius 3 is 2.63 bits per heavy atom. The third-order valence-corrected chi connectivity index (χ3v) is 3.22. The molecule has 2 rings (SSSR count). The SMILES string of the molecule is CC(=O)c1cnn(CC(C)C)c1-c1ccccc1Cl. The fraction of sp³-hybridized carbons (Fsp3) is 0.333. The summed E-state index contributed by atoms with van der Waals surface area (Å²) in [5, 5.41) is 4.97. The molecule has 19 heavy (non-hydrogen) atoms. The van der Waals surface area contributed by atoms with Gasteiger partial charge < -0.3 is 0 Å². The minimum absolute atomic E-state index is 0.00456. The van der Waals surface area contributed by atoms with Crippen LogP contribution in [0.1, 0.15) is 31.1 Å². The van der Waals surface area contributed by atoms with Gasteiger partial charge in [-0.05, 0) is 18.9 Å². The molecule has 0 bridgehead atoms. The third-order valence-electron chi connectivity index (χ3n) is 2.89. The average Bonchev–Trinajstić information content (AvgIpc) is 2.72. The van der Waals surface area contributed by atoms with Crippen LogP contribution in [-0.2, 0) is 6.54 Å². The molecule has 0 atom stereocenters. The van der Waals surface area contributed by atoms with Gasteiger partial charge in [0.1, 0.15) is 0 Å². The molecule has 0 spiro atoms. The Labute approximate surface area is 118 Å². The summed E-state index contributed by atoms with van der Waals surface area (Å²) in [5.74, 6) is 0.450. The molecule has 1 aromatic carbocycles. The van der Waals surface area contributed by atoms with Crippen molar-refractivity contribution in [1.29, 1.82) is 0 Å². The van der Waals surface area contributed by atoms with Crippen molar-refractivity contribution in [3.63, 3.8) is 0 Å². The molecule has 1 heterocycles. The van der Waals surface area contributed by atoms with E-state index in [9.17, 15) is 4.79 Å². The Balaban J connectivity index is 2.61. The molecular weight excluding hydrogens is 260 g/mol. The molecule has 0 unspecified atom stereocenters. The Morgan fingerprint density at radius 2 is 2.05 bits per heavy atom. The molecule has 0 radical (unpaired) electrons. The minimum atomic E-state index is 0.00456. The third kappa shape index (κ3) is 2.87. The normalized spacial score (nSPS) is 11.0. The molecule has 3 nitrogen and oxygen atoms in total. The van der Waals surface area contributed by atoms with E-state index in [1.165, 1.54) is 0 Å². The molecule has 1 aromatic heterocycles. The molecule has 4 heteroatoms. The lowest BCUT2D eigenvalue weighted by molar-refractivity contribution is 0.101. The van der Waals surface area contributed by atoms with Gasteiger partial charge in [-0.3, -0.25) is 9.48 Å². The van der Waals surface area contributed by atoms with Gasteiger partial charge >= 0.3 is 0 Å². The van der Waals surface area contributed by atoms with Crippen molar-refractivity contribution in [1.82, 2.24) is 9.78 Å². The number of aromatic nitrogens is 2. The first kappa shape index (κ1) is 13.8. The Kier molecular flexibility index (Phi) is 4.05. The van der Waals surface area contributed by atoms with E-state index in [0.29, 0.717) is 16.5 Å². The zero-order valence-electron chi connectivity index (χ0n) is 11.4. The van der Waals surface area contributed by atoms with E-state index in [-0.39, 0.29) is 5.78 Å². The molecule has 100 valence electrons. The summed E-state index contributed by atoms with van der Waals surface area (Å²) in [6, 6.07) is 7.54. The van der Waals surface area contributed by atoms with E-state index in [4.69, 9.17) is 11.6 Å². The summed E-state index contributed by atoms with van der Waals surface area (Å²) in [5.41, 5.74) is 2.29. The van der Waals surface area contributed by atoms with Crippen molar-refractivity contribution >= 4 is 17.4 Å². The van der Waals surface area contributed by atoms with Crippen LogP contribution in [0.15, 0.2) is 30.5 Å². The fourth-order valence-electron chi connectivity index (χ4n) is 2.06. The van der Waals surface area contributed by atoms with Crippen molar-refractivity contribution in [2.45, 2.75) is 27.3 Å². The second-order valence-corrected chi connectivity index (χ2v) is 5.43. The summed E-state index contributed by atoms with van der Waals surface area (Å²) in [4.78, 5) is 11.8. The molecule has 0 N–H and O–H groups in total. The zero-order chi connectivity index (χ0) is 14.0. The molecule has 0 saturated heterocycles. The number of carbonyl (C=O) groups is 1. The van der Waals surface area contributed by atoms with Crippen LogP contribution >= 0.6 is 11.6 Å². The second kappa shape index (κ2) is 5.57. The zero-order valence-corrected chi connectivity index (χ0v) is 12.1. The topological polar surface area (TPSA) is 34.9 Å². The summed E-state index contributed by atoms with van der Waals surface area (Å²) in [6.45, 7) is 6.54. The van der Waals surface area contributed by atoms with Crippen molar-refractivity contribution < 1.29 is 4.79 Å². The van der Waals surface area contributed by atoms with Crippen LogP contribution in [0.2, 0.25) is 5.02 Å². The Morgan fingerprint density at radius 1 is 1.37 bits per heavy atom. The molecule has 0 aliphatic heterocycles. The standard InChI is InChI=1S/C15H17ClN2O/c1-10(2)9-18-15(13(8-17-18)11(3)19)12-6-4-5-7-14(12)16/h4-8,10H,9H2,1-3H3. The summed E-state index contributed by atoms with van der Waals surface area (Å²) in [7, 11) is 0. The van der Waals surface area contributed by atoms with Gasteiger partial charge in [0.05, 0.1) is 17.5 Å². The predicted molar refractivity (Wildman–Crippen MR) is 77.5 cm³/mol. The largest absolute Gasteiger partial charge is 0.294 e. The van der Waals surface area contributed by atoms with Gasteiger partial charge in [0.25, 0.3) is 0 Å². The molecule has 0 saturated carbocycles. The highest BCUT2D eigenvalue weighted by atomic mass is 35.5. The molecule has 2 aromatic rings. The maximum Gasteiger partial charge on any atom is 0.163 e. The maximum atomic E-state index is 11.8. The first-order chi connectivity index (χ1) is 9.00. The Hall–Kier alpha value is -1.61. The van der Waals surface area contributed by atoms with E-state index in [2.05, 4.69) is 18.9 Å². The monoisotopic (exact) mass is 276 g/mol. The number of benzene rings is 1. The number of rotatable bonds is 4. The van der Waals surface area contributed by atoms with Gasteiger partial charge in [0.2, 0.25) is 0 Å². The smallest absolute Gasteiger partial charge is 0.163 e. The Bertz CT molecular complexity index is 602. The lowest BCUT2D eigenvalue weighted by Gasteiger charge is -2.12. The van der Waals surface area contributed by atoms with Gasteiger partial charge in [0.15, 0.2) is 5.78 Å². The number of ketones is 1. The van der Waals surface area contributed by atoms with E-state index in [1.807, 2.05) is 28.9 Å². The quantitative estimate of drug-likeness (QED) is 0.789. The second-order valence-electron chi connectivity index (χ2n) is 5.02. The van der Waals surface area contributed by atoms with Gasteiger partial charge in [-0.25, -0.2) is 0 Å². The lowest BCUT2D eigenvalue weighted by atomic mass is 10.1. The number of nitrogens with zero attached hydrogens (tertiary/aromatic N) is 2. The number of hydrogen-bond donors (Lipinski definition) is 0. The lowest BCUT2D eigenvalue weighted by Crippen LogP contribution is -2.09. The fourth-order valence-corrected chi connectivity index (χ4v) is 2.29. The molecular formula is C15H17ClN2O. The van der Waals surface area contributed by atoms with Gasteiger partial charge in [-0.2, -0.15) is 5.10 Å². The molecule has 0 fully saturated rings. The maximum absolute atomic E-state index is 11.8.